The summed E-state index contributed by atoms with van der Waals surface area (Å²) in [5, 5.41) is 36.2. The number of aliphatic hydroxyl groups is 2. The van der Waals surface area contributed by atoms with Crippen LogP contribution in [0.1, 0.15) is 80.9 Å². The second-order valence-electron chi connectivity index (χ2n) is 17.5. The van der Waals surface area contributed by atoms with Crippen LogP contribution < -0.4 is 9.47 Å². The molecule has 15 nitrogen and oxygen atoms in total. The van der Waals surface area contributed by atoms with E-state index in [4.69, 9.17) is 33.7 Å². The Balaban J connectivity index is 1.32. The first kappa shape index (κ1) is 48.6. The van der Waals surface area contributed by atoms with Crippen LogP contribution in [0.25, 0.3) is 0 Å². The van der Waals surface area contributed by atoms with E-state index in [-0.39, 0.29) is 69.5 Å². The van der Waals surface area contributed by atoms with Crippen molar-refractivity contribution in [3.05, 3.63) is 124 Å². The van der Waals surface area contributed by atoms with E-state index in [1.54, 1.807) is 23.1 Å². The third kappa shape index (κ3) is 12.0. The van der Waals surface area contributed by atoms with Crippen molar-refractivity contribution in [2.75, 3.05) is 65.8 Å². The molecular formula is C51H66N4O11. The number of nitrogens with zero attached hydrogens (tertiary/aromatic N) is 4. The van der Waals surface area contributed by atoms with Gasteiger partial charge in [-0.3, -0.25) is 19.9 Å². The summed E-state index contributed by atoms with van der Waals surface area (Å²) in [5.41, 5.74) is 4.20. The molecule has 2 aliphatic carbocycles. The minimum Gasteiger partial charge on any atom is -0.492 e. The molecule has 2 fully saturated rings. The normalized spacial score (nSPS) is 23.5. The smallest absolute Gasteiger partial charge is 0.410 e. The van der Waals surface area contributed by atoms with E-state index in [1.165, 1.54) is 12.1 Å². The lowest BCUT2D eigenvalue weighted by atomic mass is 9.55. The Morgan fingerprint density at radius 2 is 1.74 bits per heavy atom. The topological polar surface area (TPSA) is 175 Å². The number of carbonyl (C=O) groups excluding carboxylic acids is 1. The quantitative estimate of drug-likeness (QED) is 0.0247. The fourth-order valence-corrected chi connectivity index (χ4v) is 9.87. The predicted molar refractivity (Wildman–Crippen MR) is 249 cm³/mol. The molecule has 7 rings (SSSR count). The van der Waals surface area contributed by atoms with Gasteiger partial charge in [-0.2, -0.15) is 0 Å². The molecule has 3 aromatic carbocycles. The van der Waals surface area contributed by atoms with Gasteiger partial charge in [0.15, 0.2) is 0 Å². The molecule has 2 aliphatic heterocycles. The molecular weight excluding hydrogens is 845 g/mol. The number of non-ortho nitro benzene ring substituents is 1. The summed E-state index contributed by atoms with van der Waals surface area (Å²) in [6, 6.07) is 21.2. The maximum Gasteiger partial charge on any atom is 0.410 e. The molecule has 0 aromatic heterocycles. The van der Waals surface area contributed by atoms with Crippen LogP contribution in [0, 0.1) is 27.9 Å². The summed E-state index contributed by atoms with van der Waals surface area (Å²) in [4.78, 5) is 35.7. The molecule has 3 aromatic rings. The second kappa shape index (κ2) is 23.9. The van der Waals surface area contributed by atoms with Crippen LogP contribution in [0.3, 0.4) is 0 Å². The SMILES string of the molecule is C=CCOC12Oc3ccc(OCCN4CC4)cc3C3C(CCCCO)C(CCCCO)C=C(C(=NOCc4ccc([N+](=O)[O-])cc4)CC1N(CCC)C(=O)OCCOCc1ccccc1)C32. The van der Waals surface area contributed by atoms with Crippen molar-refractivity contribution in [1.82, 2.24) is 9.80 Å². The highest BCUT2D eigenvalue weighted by Gasteiger charge is 2.65. The van der Waals surface area contributed by atoms with E-state index in [1.807, 2.05) is 49.4 Å². The second-order valence-corrected chi connectivity index (χ2v) is 17.5. The van der Waals surface area contributed by atoms with Gasteiger partial charge in [-0.25, -0.2) is 4.79 Å². The fourth-order valence-electron chi connectivity index (χ4n) is 9.87. The van der Waals surface area contributed by atoms with E-state index in [2.05, 4.69) is 23.6 Å². The van der Waals surface area contributed by atoms with Crippen LogP contribution in [0.5, 0.6) is 11.5 Å². The van der Waals surface area contributed by atoms with Crippen molar-refractivity contribution in [2.45, 2.75) is 89.3 Å². The maximum absolute atomic E-state index is 14.6. The Morgan fingerprint density at radius 1 is 0.985 bits per heavy atom. The minimum absolute atomic E-state index is 0.0206. The average molecular weight is 911 g/mol. The van der Waals surface area contributed by atoms with E-state index >= 15 is 0 Å². The number of hydrogen-bond donors (Lipinski definition) is 2. The molecule has 0 radical (unpaired) electrons. The first-order valence-corrected chi connectivity index (χ1v) is 23.6. The molecule has 0 spiro atoms. The number of fused-ring (bicyclic) bond motifs is 2. The van der Waals surface area contributed by atoms with Crippen molar-refractivity contribution in [2.24, 2.45) is 22.9 Å². The van der Waals surface area contributed by atoms with Crippen LogP contribution in [-0.2, 0) is 32.3 Å². The Bertz CT molecular complexity index is 2110. The first-order chi connectivity index (χ1) is 32.3. The summed E-state index contributed by atoms with van der Waals surface area (Å²) in [6.07, 6.45) is 8.75. The van der Waals surface area contributed by atoms with Gasteiger partial charge in [-0.05, 0) is 91.0 Å². The highest BCUT2D eigenvalue weighted by atomic mass is 16.7. The molecule has 6 atom stereocenters. The van der Waals surface area contributed by atoms with Crippen molar-refractivity contribution < 1.29 is 48.5 Å². The third-order valence-electron chi connectivity index (χ3n) is 13.1. The van der Waals surface area contributed by atoms with E-state index in [0.29, 0.717) is 56.0 Å². The Labute approximate surface area is 388 Å². The lowest BCUT2D eigenvalue weighted by Gasteiger charge is -2.59. The van der Waals surface area contributed by atoms with Crippen molar-refractivity contribution in [3.63, 3.8) is 0 Å². The summed E-state index contributed by atoms with van der Waals surface area (Å²) in [5.74, 6) is -0.709. The highest BCUT2D eigenvalue weighted by Crippen LogP contribution is 2.62. The lowest BCUT2D eigenvalue weighted by Crippen LogP contribution is -2.70. The average Bonchev–Trinajstić information content (AvgIpc) is 4.16. The van der Waals surface area contributed by atoms with Crippen molar-refractivity contribution >= 4 is 17.5 Å². The molecule has 2 heterocycles. The van der Waals surface area contributed by atoms with E-state index in [0.717, 1.165) is 67.8 Å². The van der Waals surface area contributed by atoms with Gasteiger partial charge in [0.1, 0.15) is 37.4 Å². The first-order valence-electron chi connectivity index (χ1n) is 23.6. The van der Waals surface area contributed by atoms with Crippen LogP contribution in [0.2, 0.25) is 0 Å². The van der Waals surface area contributed by atoms with Gasteiger partial charge < -0.3 is 38.7 Å². The zero-order valence-electron chi connectivity index (χ0n) is 38.2. The predicted octanol–water partition coefficient (Wildman–Crippen LogP) is 8.19. The molecule has 1 amide bonds. The largest absolute Gasteiger partial charge is 0.492 e. The minimum atomic E-state index is -1.44. The Hall–Kier alpha value is -5.32. The zero-order chi connectivity index (χ0) is 46.3. The van der Waals surface area contributed by atoms with Gasteiger partial charge in [0.25, 0.3) is 5.69 Å². The summed E-state index contributed by atoms with van der Waals surface area (Å²) in [6.45, 7) is 10.9. The summed E-state index contributed by atoms with van der Waals surface area (Å²) in [7, 11) is 0. The zero-order valence-corrected chi connectivity index (χ0v) is 38.2. The van der Waals surface area contributed by atoms with Crippen LogP contribution in [0.15, 0.2) is 102 Å². The summed E-state index contributed by atoms with van der Waals surface area (Å²) >= 11 is 0. The molecule has 2 N–H and O–H groups in total. The highest BCUT2D eigenvalue weighted by molar-refractivity contribution is 6.03. The van der Waals surface area contributed by atoms with Crippen molar-refractivity contribution in [3.8, 4) is 11.5 Å². The molecule has 1 saturated carbocycles. The standard InChI is InChI=1S/C51H66N4O11/c1-3-22-54(50(58)63-31-30-61-35-37-12-6-5-7-13-37)47-34-45(52-65-36-38-16-18-40(19-17-38)55(59)60)43-32-39(14-8-10-26-56)42(15-9-11-27-57)48-44-33-41(62-29-25-53-23-24-53)20-21-46(44)66-51(47,49(43)48)64-28-4-2/h4-7,12-13,16-21,32-33,39,42,47-49,56-57H,2-3,8-11,14-15,22-31,34-36H2,1H3. The van der Waals surface area contributed by atoms with Crippen LogP contribution in [-0.4, -0.2) is 114 Å². The number of unbranched alkanes of at least 4 members (excludes halogenated alkanes) is 2. The maximum atomic E-state index is 14.6. The third-order valence-corrected chi connectivity index (χ3v) is 13.1. The number of benzene rings is 3. The monoisotopic (exact) mass is 910 g/mol. The van der Waals surface area contributed by atoms with Crippen molar-refractivity contribution in [1.29, 1.82) is 0 Å². The number of oxime groups is 1. The van der Waals surface area contributed by atoms with Gasteiger partial charge >= 0.3 is 6.09 Å². The number of nitro benzene ring substituents is 1. The Kier molecular flexibility index (Phi) is 17.6. The van der Waals surface area contributed by atoms with Crippen LogP contribution >= 0.6 is 0 Å². The van der Waals surface area contributed by atoms with E-state index in [9.17, 15) is 25.1 Å². The van der Waals surface area contributed by atoms with Gasteiger partial charge in [-0.1, -0.05) is 67.4 Å². The molecule has 66 heavy (non-hydrogen) atoms. The fraction of sp³-hybridized carbons (Fsp3) is 0.529. The van der Waals surface area contributed by atoms with Crippen LogP contribution in [0.4, 0.5) is 10.5 Å². The van der Waals surface area contributed by atoms with E-state index < -0.39 is 28.8 Å². The Morgan fingerprint density at radius 3 is 2.45 bits per heavy atom. The van der Waals surface area contributed by atoms with Gasteiger partial charge in [0.05, 0.1) is 36.4 Å². The number of amides is 1. The van der Waals surface area contributed by atoms with Gasteiger partial charge in [0, 0.05) is 69.4 Å². The lowest BCUT2D eigenvalue weighted by molar-refractivity contribution is -0.384. The molecule has 1 saturated heterocycles. The number of nitro groups is 1. The van der Waals surface area contributed by atoms with Gasteiger partial charge in [-0.15, -0.1) is 6.58 Å². The molecule has 6 unspecified atom stereocenters. The molecule has 15 heteroatoms. The number of allylic oxidation sites excluding steroid dienone is 1. The number of rotatable bonds is 27. The number of aliphatic hydroxyl groups excluding tert-OH is 2. The summed E-state index contributed by atoms with van der Waals surface area (Å²) < 4.78 is 32.7. The number of carbonyl (C=O) groups is 1. The molecule has 356 valence electrons. The number of hydrogen-bond acceptors (Lipinski definition) is 13. The number of ether oxygens (including phenoxy) is 5. The van der Waals surface area contributed by atoms with Gasteiger partial charge in [0.2, 0.25) is 5.79 Å². The molecule has 4 aliphatic rings. The molecule has 0 bridgehead atoms.